The van der Waals surface area contributed by atoms with Crippen LogP contribution >= 0.6 is 47.0 Å². The number of ether oxygens (including phenoxy) is 4. The quantitative estimate of drug-likeness (QED) is 0.0906. The van der Waals surface area contributed by atoms with Crippen LogP contribution in [-0.4, -0.2) is 26.4 Å². The second-order valence-electron chi connectivity index (χ2n) is 21.4. The van der Waals surface area contributed by atoms with Crippen LogP contribution in [0.3, 0.4) is 0 Å². The maximum atomic E-state index is 7.03. The summed E-state index contributed by atoms with van der Waals surface area (Å²) in [5.74, 6) is 3.72. The van der Waals surface area contributed by atoms with Gasteiger partial charge in [0, 0.05) is 0 Å². The predicted molar refractivity (Wildman–Crippen MR) is 279 cm³/mol. The summed E-state index contributed by atoms with van der Waals surface area (Å²) in [6.45, 7) is 39.3. The van der Waals surface area contributed by atoms with Gasteiger partial charge in [-0.2, -0.15) is 0 Å². The maximum absolute atomic E-state index is 7.03. The zero-order chi connectivity index (χ0) is 47.0. The third-order valence-electron chi connectivity index (χ3n) is 11.4. The first-order valence-electron chi connectivity index (χ1n) is 24.1. The monoisotopic (exact) mass is 944 g/mol. The Labute approximate surface area is 406 Å². The Morgan fingerprint density at radius 2 is 0.453 bits per heavy atom. The van der Waals surface area contributed by atoms with E-state index in [0.717, 1.165) is 114 Å². The summed E-state index contributed by atoms with van der Waals surface area (Å²) in [6.07, 6.45) is 8.12. The maximum Gasteiger partial charge on any atom is 0.147 e. The summed E-state index contributed by atoms with van der Waals surface area (Å²) >= 11 is 7.18. The molecule has 1 aliphatic rings. The highest BCUT2D eigenvalue weighted by Crippen LogP contribution is 2.56. The van der Waals surface area contributed by atoms with E-state index in [2.05, 4.69) is 159 Å². The molecule has 352 valence electrons. The highest BCUT2D eigenvalue weighted by molar-refractivity contribution is 8.01. The number of rotatable bonds is 16. The molecule has 0 saturated carbocycles. The summed E-state index contributed by atoms with van der Waals surface area (Å²) in [5, 5.41) is 0. The zero-order valence-corrected chi connectivity index (χ0v) is 45.6. The topological polar surface area (TPSA) is 36.9 Å². The average Bonchev–Trinajstić information content (AvgIpc) is 3.19. The van der Waals surface area contributed by atoms with Gasteiger partial charge in [-0.05, 0) is 118 Å². The fraction of sp³-hybridized carbons (Fsp3) is 0.571. The van der Waals surface area contributed by atoms with Gasteiger partial charge in [-0.3, -0.25) is 0 Å². The van der Waals surface area contributed by atoms with Crippen LogP contribution in [0.4, 0.5) is 0 Å². The van der Waals surface area contributed by atoms with Crippen LogP contribution in [0.25, 0.3) is 0 Å². The first kappa shape index (κ1) is 52.4. The van der Waals surface area contributed by atoms with Gasteiger partial charge >= 0.3 is 0 Å². The number of unbranched alkanes of at least 4 members (excludes halogenated alkanes) is 4. The molecule has 4 nitrogen and oxygen atoms in total. The Morgan fingerprint density at radius 1 is 0.297 bits per heavy atom. The number of fused-ring (bicyclic) bond motifs is 8. The molecule has 8 bridgehead atoms. The molecule has 64 heavy (non-hydrogen) atoms. The van der Waals surface area contributed by atoms with Crippen LogP contribution in [0.2, 0.25) is 0 Å². The first-order chi connectivity index (χ1) is 30.1. The third kappa shape index (κ3) is 13.8. The lowest BCUT2D eigenvalue weighted by molar-refractivity contribution is 0.292. The van der Waals surface area contributed by atoms with E-state index < -0.39 is 0 Å². The SMILES string of the molecule is CCCCOc1c2cc(C(C)(C)C)cc1Sc1cc(C(C)(C)C)cc(c1OCCCC)Sc1cc(C(C)(C)C)cc(c1OCCCC)Sc1cc(C(C)(C)C)cc(c1OCCCC)S2. The van der Waals surface area contributed by atoms with Crippen molar-refractivity contribution in [2.75, 3.05) is 26.4 Å². The van der Waals surface area contributed by atoms with Crippen molar-refractivity contribution in [2.45, 2.75) is 223 Å². The summed E-state index contributed by atoms with van der Waals surface area (Å²) in [4.78, 5) is 8.86. The molecular weight excluding hydrogens is 865 g/mol. The van der Waals surface area contributed by atoms with E-state index in [4.69, 9.17) is 18.9 Å². The van der Waals surface area contributed by atoms with Crippen LogP contribution in [0, 0.1) is 0 Å². The van der Waals surface area contributed by atoms with E-state index >= 15 is 0 Å². The van der Waals surface area contributed by atoms with Crippen LogP contribution in [0.5, 0.6) is 23.0 Å². The molecular formula is C56H80O4S4. The van der Waals surface area contributed by atoms with Crippen molar-refractivity contribution in [3.05, 3.63) is 70.8 Å². The number of hydrogen-bond acceptors (Lipinski definition) is 8. The molecule has 8 heteroatoms. The Morgan fingerprint density at radius 3 is 0.578 bits per heavy atom. The predicted octanol–water partition coefficient (Wildman–Crippen LogP) is 18.5. The van der Waals surface area contributed by atoms with E-state index in [9.17, 15) is 0 Å². The van der Waals surface area contributed by atoms with Gasteiger partial charge in [0.05, 0.1) is 65.6 Å². The fourth-order valence-corrected chi connectivity index (χ4v) is 11.7. The molecule has 0 saturated heterocycles. The molecule has 0 spiro atoms. The van der Waals surface area contributed by atoms with Crippen molar-refractivity contribution in [3.8, 4) is 23.0 Å². The summed E-state index contributed by atoms with van der Waals surface area (Å²) in [7, 11) is 0. The van der Waals surface area contributed by atoms with E-state index in [-0.39, 0.29) is 21.7 Å². The highest BCUT2D eigenvalue weighted by Gasteiger charge is 2.30. The van der Waals surface area contributed by atoms with Gasteiger partial charge in [-0.15, -0.1) is 0 Å². The number of benzene rings is 4. The standard InChI is InChI=1S/C56H80O4S4/c1-17-21-25-57-49-41-29-37(53(5,6)7)30-42(49)62-44-32-39(55(11,12)13)34-46(51(44)59-27-23-19-3)64-48-36-40(56(14,15)16)35-47(52(48)60-28-24-20-4)63-45-33-38(54(8,9)10)31-43(61-41)50(45)58-26-22-18-2/h29-36H,17-28H2,1-16H3. The lowest BCUT2D eigenvalue weighted by Gasteiger charge is -2.28. The molecule has 4 aromatic rings. The van der Waals surface area contributed by atoms with Crippen LogP contribution in [0.15, 0.2) is 87.7 Å². The molecule has 0 atom stereocenters. The second kappa shape index (κ2) is 22.5. The molecule has 0 amide bonds. The molecule has 1 heterocycles. The van der Waals surface area contributed by atoms with Crippen LogP contribution in [-0.2, 0) is 21.7 Å². The third-order valence-corrected chi connectivity index (χ3v) is 15.6. The molecule has 4 aromatic carbocycles. The van der Waals surface area contributed by atoms with Gasteiger partial charge in [0.15, 0.2) is 0 Å². The fourth-order valence-electron chi connectivity index (χ4n) is 6.96. The Hall–Kier alpha value is -2.52. The molecule has 1 aliphatic heterocycles. The van der Waals surface area contributed by atoms with Crippen molar-refractivity contribution in [2.24, 2.45) is 0 Å². The second-order valence-corrected chi connectivity index (χ2v) is 25.8. The molecule has 0 radical (unpaired) electrons. The van der Waals surface area contributed by atoms with Gasteiger partial charge in [0.1, 0.15) is 23.0 Å². The molecule has 0 aliphatic carbocycles. The minimum atomic E-state index is -0.113. The van der Waals surface area contributed by atoms with E-state index in [1.165, 1.54) is 22.3 Å². The normalized spacial score (nSPS) is 13.5. The highest BCUT2D eigenvalue weighted by atomic mass is 32.2. The minimum Gasteiger partial charge on any atom is -0.491 e. The van der Waals surface area contributed by atoms with E-state index in [0.29, 0.717) is 26.4 Å². The smallest absolute Gasteiger partial charge is 0.147 e. The lowest BCUT2D eigenvalue weighted by Crippen LogP contribution is -2.14. The van der Waals surface area contributed by atoms with Crippen molar-refractivity contribution in [1.29, 1.82) is 0 Å². The van der Waals surface area contributed by atoms with Gasteiger partial charge in [0.25, 0.3) is 0 Å². The van der Waals surface area contributed by atoms with Gasteiger partial charge in [-0.25, -0.2) is 0 Å². The van der Waals surface area contributed by atoms with E-state index in [1.54, 1.807) is 47.0 Å². The summed E-state index contributed by atoms with van der Waals surface area (Å²) in [6, 6.07) is 19.1. The number of hydrogen-bond donors (Lipinski definition) is 0. The van der Waals surface area contributed by atoms with Crippen molar-refractivity contribution in [3.63, 3.8) is 0 Å². The first-order valence-corrected chi connectivity index (χ1v) is 27.3. The minimum absolute atomic E-state index is 0.113. The molecule has 0 fully saturated rings. The Balaban J connectivity index is 2.01. The van der Waals surface area contributed by atoms with Crippen LogP contribution < -0.4 is 18.9 Å². The van der Waals surface area contributed by atoms with Gasteiger partial charge in [-0.1, -0.05) is 184 Å². The molecule has 0 N–H and O–H groups in total. The Bertz CT molecular complexity index is 1780. The van der Waals surface area contributed by atoms with Gasteiger partial charge in [0.2, 0.25) is 0 Å². The van der Waals surface area contributed by atoms with Crippen molar-refractivity contribution in [1.82, 2.24) is 0 Å². The van der Waals surface area contributed by atoms with Crippen LogP contribution in [0.1, 0.15) is 184 Å². The van der Waals surface area contributed by atoms with Gasteiger partial charge < -0.3 is 18.9 Å². The molecule has 5 rings (SSSR count). The molecule has 0 unspecified atom stereocenters. The summed E-state index contributed by atoms with van der Waals surface area (Å²) in [5.41, 5.74) is 4.62. The van der Waals surface area contributed by atoms with E-state index in [1.807, 2.05) is 0 Å². The van der Waals surface area contributed by atoms with Crippen molar-refractivity contribution >= 4 is 47.0 Å². The zero-order valence-electron chi connectivity index (χ0n) is 42.4. The largest absolute Gasteiger partial charge is 0.491 e. The molecule has 0 aromatic heterocycles. The Kier molecular flexibility index (Phi) is 18.5. The average molecular weight is 946 g/mol. The lowest BCUT2D eigenvalue weighted by atomic mass is 9.87. The van der Waals surface area contributed by atoms with Crippen molar-refractivity contribution < 1.29 is 18.9 Å². The summed E-state index contributed by atoms with van der Waals surface area (Å²) < 4.78 is 28.1.